The number of para-hydroxylation sites is 1. The summed E-state index contributed by atoms with van der Waals surface area (Å²) in [4.78, 5) is 12.2. The summed E-state index contributed by atoms with van der Waals surface area (Å²) in [5, 5.41) is 4.79. The van der Waals surface area contributed by atoms with E-state index in [1.165, 1.54) is 6.07 Å². The Kier molecular flexibility index (Phi) is 4.67. The highest BCUT2D eigenvalue weighted by atomic mass is 32.1. The van der Waals surface area contributed by atoms with Crippen molar-refractivity contribution >= 4 is 39.7 Å². The van der Waals surface area contributed by atoms with Gasteiger partial charge in [-0.1, -0.05) is 42.5 Å². The number of thiocarbonyl (C=S) groups is 1. The van der Waals surface area contributed by atoms with Gasteiger partial charge < -0.3 is 5.32 Å². The lowest BCUT2D eigenvalue weighted by Crippen LogP contribution is -2.43. The van der Waals surface area contributed by atoms with Crippen molar-refractivity contribution in [1.82, 2.24) is 10.9 Å². The zero-order valence-electron chi connectivity index (χ0n) is 12.5. The Bertz CT molecular complexity index is 913. The van der Waals surface area contributed by atoms with Crippen LogP contribution in [-0.2, 0) is 0 Å². The number of nitrogens with one attached hydrogen (secondary N) is 3. The monoisotopic (exact) mass is 339 g/mol. The molecule has 0 saturated carbocycles. The first-order chi connectivity index (χ1) is 11.6. The van der Waals surface area contributed by atoms with Gasteiger partial charge in [-0.2, -0.15) is 0 Å². The summed E-state index contributed by atoms with van der Waals surface area (Å²) in [7, 11) is 0. The fraction of sp³-hybridized carbons (Fsp3) is 0. The lowest BCUT2D eigenvalue weighted by atomic mass is 10.1. The zero-order valence-corrected chi connectivity index (χ0v) is 13.4. The molecular formula is C18H14FN3OS. The molecule has 3 N–H and O–H groups in total. The molecule has 0 heterocycles. The molecule has 0 spiro atoms. The minimum absolute atomic E-state index is 0.0919. The van der Waals surface area contributed by atoms with E-state index in [2.05, 4.69) is 16.2 Å². The molecule has 3 aromatic carbocycles. The van der Waals surface area contributed by atoms with Crippen molar-refractivity contribution in [2.75, 3.05) is 5.32 Å². The normalized spacial score (nSPS) is 10.2. The van der Waals surface area contributed by atoms with E-state index in [1.807, 2.05) is 30.3 Å². The number of hydrogen-bond donors (Lipinski definition) is 3. The average molecular weight is 339 g/mol. The van der Waals surface area contributed by atoms with Gasteiger partial charge in [-0.05, 0) is 47.3 Å². The Hall–Kier alpha value is -2.99. The number of hydrazine groups is 1. The number of hydrogen-bond acceptors (Lipinski definition) is 2. The maximum Gasteiger partial charge on any atom is 0.269 e. The van der Waals surface area contributed by atoms with E-state index in [-0.39, 0.29) is 16.7 Å². The van der Waals surface area contributed by atoms with E-state index in [1.54, 1.807) is 30.3 Å². The van der Waals surface area contributed by atoms with Crippen molar-refractivity contribution in [3.8, 4) is 0 Å². The number of halogens is 1. The molecule has 0 aliphatic rings. The van der Waals surface area contributed by atoms with Gasteiger partial charge in [0.05, 0.1) is 5.69 Å². The zero-order chi connectivity index (χ0) is 16.9. The van der Waals surface area contributed by atoms with Crippen molar-refractivity contribution in [1.29, 1.82) is 0 Å². The Morgan fingerprint density at radius 2 is 1.58 bits per heavy atom. The quantitative estimate of drug-likeness (QED) is 0.493. The van der Waals surface area contributed by atoms with E-state index < -0.39 is 5.82 Å². The van der Waals surface area contributed by atoms with Gasteiger partial charge in [0, 0.05) is 5.56 Å². The highest BCUT2D eigenvalue weighted by Gasteiger charge is 2.07. The number of rotatable bonds is 2. The van der Waals surface area contributed by atoms with Crippen molar-refractivity contribution in [2.24, 2.45) is 0 Å². The first-order valence-electron chi connectivity index (χ1n) is 7.24. The Morgan fingerprint density at radius 1 is 0.875 bits per heavy atom. The molecule has 3 rings (SSSR count). The largest absolute Gasteiger partial charge is 0.329 e. The van der Waals surface area contributed by atoms with Crippen molar-refractivity contribution in [3.63, 3.8) is 0 Å². The molecule has 0 atom stereocenters. The lowest BCUT2D eigenvalue weighted by molar-refractivity contribution is 0.0944. The Morgan fingerprint density at radius 3 is 2.38 bits per heavy atom. The molecule has 6 heteroatoms. The van der Waals surface area contributed by atoms with Crippen LogP contribution in [-0.4, -0.2) is 11.0 Å². The summed E-state index contributed by atoms with van der Waals surface area (Å²) in [5.41, 5.74) is 5.77. The summed E-state index contributed by atoms with van der Waals surface area (Å²) in [6, 6.07) is 19.3. The molecular weight excluding hydrogens is 325 g/mol. The maximum atomic E-state index is 13.5. The summed E-state index contributed by atoms with van der Waals surface area (Å²) in [6.45, 7) is 0. The topological polar surface area (TPSA) is 53.2 Å². The van der Waals surface area contributed by atoms with Crippen LogP contribution in [0.15, 0.2) is 66.7 Å². The van der Waals surface area contributed by atoms with Crippen molar-refractivity contribution in [3.05, 3.63) is 78.1 Å². The second kappa shape index (κ2) is 7.06. The average Bonchev–Trinajstić information content (AvgIpc) is 2.61. The molecule has 1 amide bonds. The second-order valence-electron chi connectivity index (χ2n) is 5.08. The lowest BCUT2D eigenvalue weighted by Gasteiger charge is -2.12. The fourth-order valence-electron chi connectivity index (χ4n) is 2.23. The third-order valence-electron chi connectivity index (χ3n) is 3.42. The van der Waals surface area contributed by atoms with Gasteiger partial charge >= 0.3 is 0 Å². The number of carbonyl (C=O) groups is 1. The number of anilines is 1. The van der Waals surface area contributed by atoms with Crippen LogP contribution in [0.4, 0.5) is 10.1 Å². The molecule has 3 aromatic rings. The van der Waals surface area contributed by atoms with E-state index in [0.717, 1.165) is 10.8 Å². The van der Waals surface area contributed by atoms with E-state index in [9.17, 15) is 9.18 Å². The molecule has 0 aliphatic carbocycles. The van der Waals surface area contributed by atoms with Gasteiger partial charge in [0.2, 0.25) is 0 Å². The number of benzene rings is 3. The molecule has 120 valence electrons. The van der Waals surface area contributed by atoms with Crippen LogP contribution in [0.5, 0.6) is 0 Å². The molecule has 0 unspecified atom stereocenters. The summed E-state index contributed by atoms with van der Waals surface area (Å²) in [6.07, 6.45) is 0. The molecule has 0 bridgehead atoms. The molecule has 0 aromatic heterocycles. The Balaban J connectivity index is 1.62. The highest BCUT2D eigenvalue weighted by Crippen LogP contribution is 2.15. The van der Waals surface area contributed by atoms with Crippen LogP contribution < -0.4 is 16.2 Å². The summed E-state index contributed by atoms with van der Waals surface area (Å²) in [5.74, 6) is -0.763. The molecule has 24 heavy (non-hydrogen) atoms. The Labute approximate surface area is 143 Å². The first kappa shape index (κ1) is 15.9. The standard InChI is InChI=1S/C18H14FN3OS/c19-15-7-3-4-8-16(15)20-18(24)22-21-17(23)14-10-9-12-5-1-2-6-13(12)11-14/h1-11H,(H,21,23)(H2,20,22,24). The highest BCUT2D eigenvalue weighted by molar-refractivity contribution is 7.80. The predicted octanol–water partition coefficient (Wildman–Crippen LogP) is 3.61. The van der Waals surface area contributed by atoms with Crippen LogP contribution in [0, 0.1) is 5.82 Å². The maximum absolute atomic E-state index is 13.5. The molecule has 0 aliphatic heterocycles. The predicted molar refractivity (Wildman–Crippen MR) is 97.2 cm³/mol. The van der Waals surface area contributed by atoms with E-state index in [4.69, 9.17) is 12.2 Å². The fourth-order valence-corrected chi connectivity index (χ4v) is 2.39. The van der Waals surface area contributed by atoms with Crippen LogP contribution in [0.25, 0.3) is 10.8 Å². The van der Waals surface area contributed by atoms with Gasteiger partial charge in [-0.25, -0.2) is 4.39 Å². The molecule has 4 nitrogen and oxygen atoms in total. The van der Waals surface area contributed by atoms with Crippen molar-refractivity contribution in [2.45, 2.75) is 0 Å². The third-order valence-corrected chi connectivity index (χ3v) is 3.63. The van der Waals surface area contributed by atoms with Gasteiger partial charge in [-0.3, -0.25) is 15.6 Å². The van der Waals surface area contributed by atoms with Crippen LogP contribution in [0.1, 0.15) is 10.4 Å². The summed E-state index contributed by atoms with van der Waals surface area (Å²) >= 11 is 5.04. The van der Waals surface area contributed by atoms with Gasteiger partial charge in [-0.15, -0.1) is 0 Å². The van der Waals surface area contributed by atoms with Crippen molar-refractivity contribution < 1.29 is 9.18 Å². The smallest absolute Gasteiger partial charge is 0.269 e. The summed E-state index contributed by atoms with van der Waals surface area (Å²) < 4.78 is 13.5. The second-order valence-corrected chi connectivity index (χ2v) is 5.48. The number of amides is 1. The molecule has 0 fully saturated rings. The van der Waals surface area contributed by atoms with Gasteiger partial charge in [0.25, 0.3) is 5.91 Å². The van der Waals surface area contributed by atoms with E-state index >= 15 is 0 Å². The number of fused-ring (bicyclic) bond motifs is 1. The van der Waals surface area contributed by atoms with E-state index in [0.29, 0.717) is 5.56 Å². The SMILES string of the molecule is O=C(NNC(=S)Nc1ccccc1F)c1ccc2ccccc2c1. The van der Waals surface area contributed by atoms with Gasteiger partial charge in [0.15, 0.2) is 5.11 Å². The van der Waals surface area contributed by atoms with Crippen LogP contribution in [0.3, 0.4) is 0 Å². The van der Waals surface area contributed by atoms with Crippen LogP contribution in [0.2, 0.25) is 0 Å². The molecule has 0 radical (unpaired) electrons. The van der Waals surface area contributed by atoms with Crippen LogP contribution >= 0.6 is 12.2 Å². The van der Waals surface area contributed by atoms with Gasteiger partial charge in [0.1, 0.15) is 5.82 Å². The number of carbonyl (C=O) groups excluding carboxylic acids is 1. The minimum Gasteiger partial charge on any atom is -0.329 e. The molecule has 0 saturated heterocycles. The first-order valence-corrected chi connectivity index (χ1v) is 7.65. The minimum atomic E-state index is -0.428. The third kappa shape index (κ3) is 3.67.